The van der Waals surface area contributed by atoms with Crippen molar-refractivity contribution in [2.24, 2.45) is 16.5 Å². The SMILES string of the molecule is NC(N)=NCCOc1ccc(-c2ccccc2)cc1. The van der Waals surface area contributed by atoms with Crippen molar-refractivity contribution in [2.45, 2.75) is 0 Å². The molecule has 2 aromatic carbocycles. The molecule has 0 radical (unpaired) electrons. The van der Waals surface area contributed by atoms with Crippen LogP contribution >= 0.6 is 0 Å². The fourth-order valence-electron chi connectivity index (χ4n) is 1.71. The first-order valence-electron chi connectivity index (χ1n) is 6.09. The van der Waals surface area contributed by atoms with E-state index >= 15 is 0 Å². The Morgan fingerprint density at radius 1 is 0.895 bits per heavy atom. The highest BCUT2D eigenvalue weighted by Crippen LogP contribution is 2.21. The average Bonchev–Trinajstić information content (AvgIpc) is 2.45. The van der Waals surface area contributed by atoms with Crippen molar-refractivity contribution in [2.75, 3.05) is 13.2 Å². The van der Waals surface area contributed by atoms with Crippen LogP contribution < -0.4 is 16.2 Å². The fourth-order valence-corrected chi connectivity index (χ4v) is 1.71. The summed E-state index contributed by atoms with van der Waals surface area (Å²) in [7, 11) is 0. The van der Waals surface area contributed by atoms with Crippen molar-refractivity contribution in [3.05, 3.63) is 54.6 Å². The minimum Gasteiger partial charge on any atom is -0.492 e. The minimum absolute atomic E-state index is 0.0861. The van der Waals surface area contributed by atoms with Crippen LogP contribution in [0.1, 0.15) is 0 Å². The van der Waals surface area contributed by atoms with Gasteiger partial charge in [-0.1, -0.05) is 42.5 Å². The highest BCUT2D eigenvalue weighted by atomic mass is 16.5. The second-order valence-electron chi connectivity index (χ2n) is 4.05. The molecule has 98 valence electrons. The van der Waals surface area contributed by atoms with Crippen molar-refractivity contribution < 1.29 is 4.74 Å². The number of hydrogen-bond acceptors (Lipinski definition) is 2. The highest BCUT2D eigenvalue weighted by Gasteiger charge is 1.97. The third-order valence-electron chi connectivity index (χ3n) is 2.62. The molecule has 0 spiro atoms. The molecule has 0 fully saturated rings. The maximum absolute atomic E-state index is 5.53. The Morgan fingerprint density at radius 3 is 2.16 bits per heavy atom. The van der Waals surface area contributed by atoms with Crippen LogP contribution in [0.5, 0.6) is 5.75 Å². The lowest BCUT2D eigenvalue weighted by Gasteiger charge is -2.06. The van der Waals surface area contributed by atoms with E-state index < -0.39 is 0 Å². The van der Waals surface area contributed by atoms with Gasteiger partial charge in [0, 0.05) is 0 Å². The van der Waals surface area contributed by atoms with E-state index in [2.05, 4.69) is 17.1 Å². The Labute approximate surface area is 112 Å². The standard InChI is InChI=1S/C15H17N3O/c16-15(17)18-10-11-19-14-8-6-13(7-9-14)12-4-2-1-3-5-12/h1-9H,10-11H2,(H4,16,17,18). The van der Waals surface area contributed by atoms with Crippen molar-refractivity contribution in [1.29, 1.82) is 0 Å². The summed E-state index contributed by atoms with van der Waals surface area (Å²) in [5, 5.41) is 0. The van der Waals surface area contributed by atoms with E-state index in [9.17, 15) is 0 Å². The molecule has 0 aliphatic heterocycles. The fraction of sp³-hybridized carbons (Fsp3) is 0.133. The molecule has 0 saturated carbocycles. The van der Waals surface area contributed by atoms with Gasteiger partial charge in [0.1, 0.15) is 12.4 Å². The van der Waals surface area contributed by atoms with Gasteiger partial charge in [-0.25, -0.2) is 0 Å². The number of nitrogens with zero attached hydrogens (tertiary/aromatic N) is 1. The quantitative estimate of drug-likeness (QED) is 0.487. The molecule has 0 aliphatic carbocycles. The lowest BCUT2D eigenvalue weighted by Crippen LogP contribution is -2.23. The second-order valence-corrected chi connectivity index (χ2v) is 4.05. The molecule has 0 bridgehead atoms. The first-order valence-corrected chi connectivity index (χ1v) is 6.09. The summed E-state index contributed by atoms with van der Waals surface area (Å²) in [5.74, 6) is 0.897. The first kappa shape index (κ1) is 13.0. The van der Waals surface area contributed by atoms with E-state index in [1.54, 1.807) is 0 Å². The third kappa shape index (κ3) is 4.03. The molecule has 0 unspecified atom stereocenters. The van der Waals surface area contributed by atoms with Gasteiger partial charge in [-0.15, -0.1) is 0 Å². The Hall–Kier alpha value is -2.49. The number of ether oxygens (including phenoxy) is 1. The summed E-state index contributed by atoms with van der Waals surface area (Å²) < 4.78 is 5.53. The van der Waals surface area contributed by atoms with Crippen LogP contribution in [0.2, 0.25) is 0 Å². The number of hydrogen-bond donors (Lipinski definition) is 2. The number of rotatable bonds is 5. The Kier molecular flexibility index (Phi) is 4.39. The van der Waals surface area contributed by atoms with Crippen LogP contribution in [0.25, 0.3) is 11.1 Å². The van der Waals surface area contributed by atoms with Crippen molar-refractivity contribution in [3.63, 3.8) is 0 Å². The van der Waals surface area contributed by atoms with Crippen LogP contribution in [0, 0.1) is 0 Å². The zero-order valence-corrected chi connectivity index (χ0v) is 10.6. The molecule has 0 amide bonds. The summed E-state index contributed by atoms with van der Waals surface area (Å²) in [5.41, 5.74) is 12.8. The molecule has 0 saturated heterocycles. The molecular weight excluding hydrogens is 238 g/mol. The molecular formula is C15H17N3O. The van der Waals surface area contributed by atoms with E-state index in [0.29, 0.717) is 13.2 Å². The molecule has 0 aromatic heterocycles. The smallest absolute Gasteiger partial charge is 0.186 e. The van der Waals surface area contributed by atoms with Crippen LogP contribution in [-0.4, -0.2) is 19.1 Å². The average molecular weight is 255 g/mol. The zero-order valence-electron chi connectivity index (χ0n) is 10.6. The van der Waals surface area contributed by atoms with Gasteiger partial charge in [0.2, 0.25) is 0 Å². The Bertz CT molecular complexity index is 531. The maximum atomic E-state index is 5.53. The monoisotopic (exact) mass is 255 g/mol. The lowest BCUT2D eigenvalue weighted by molar-refractivity contribution is 0.329. The highest BCUT2D eigenvalue weighted by molar-refractivity contribution is 5.75. The molecule has 0 atom stereocenters. The Morgan fingerprint density at radius 2 is 1.53 bits per heavy atom. The van der Waals surface area contributed by atoms with Gasteiger partial charge in [-0.2, -0.15) is 0 Å². The van der Waals surface area contributed by atoms with Crippen LogP contribution in [0.15, 0.2) is 59.6 Å². The molecule has 0 aliphatic rings. The predicted octanol–water partition coefficient (Wildman–Crippen LogP) is 2.01. The molecule has 4 nitrogen and oxygen atoms in total. The van der Waals surface area contributed by atoms with Gasteiger partial charge >= 0.3 is 0 Å². The number of aliphatic imine (C=N–C) groups is 1. The van der Waals surface area contributed by atoms with Gasteiger partial charge in [-0.3, -0.25) is 4.99 Å². The van der Waals surface area contributed by atoms with Gasteiger partial charge < -0.3 is 16.2 Å². The first-order chi connectivity index (χ1) is 9.25. The van der Waals surface area contributed by atoms with Gasteiger partial charge in [0.25, 0.3) is 0 Å². The summed E-state index contributed by atoms with van der Waals surface area (Å²) in [6, 6.07) is 18.2. The van der Waals surface area contributed by atoms with Crippen molar-refractivity contribution >= 4 is 5.96 Å². The molecule has 2 rings (SSSR count). The van der Waals surface area contributed by atoms with E-state index in [-0.39, 0.29) is 5.96 Å². The predicted molar refractivity (Wildman–Crippen MR) is 78.0 cm³/mol. The number of benzene rings is 2. The van der Waals surface area contributed by atoms with E-state index in [1.165, 1.54) is 5.56 Å². The van der Waals surface area contributed by atoms with Gasteiger partial charge in [0.05, 0.1) is 6.54 Å². The van der Waals surface area contributed by atoms with Crippen molar-refractivity contribution in [3.8, 4) is 16.9 Å². The summed E-state index contributed by atoms with van der Waals surface area (Å²) in [6.07, 6.45) is 0. The summed E-state index contributed by atoms with van der Waals surface area (Å²) in [6.45, 7) is 0.922. The van der Waals surface area contributed by atoms with E-state index in [0.717, 1.165) is 11.3 Å². The molecule has 4 N–H and O–H groups in total. The molecule has 2 aromatic rings. The minimum atomic E-state index is 0.0861. The van der Waals surface area contributed by atoms with Crippen molar-refractivity contribution in [1.82, 2.24) is 0 Å². The maximum Gasteiger partial charge on any atom is 0.186 e. The number of nitrogens with two attached hydrogens (primary N) is 2. The lowest BCUT2D eigenvalue weighted by atomic mass is 10.1. The normalized spacial score (nSPS) is 9.89. The van der Waals surface area contributed by atoms with E-state index in [4.69, 9.17) is 16.2 Å². The van der Waals surface area contributed by atoms with Crippen LogP contribution in [0.3, 0.4) is 0 Å². The zero-order chi connectivity index (χ0) is 13.5. The Balaban J connectivity index is 1.94. The molecule has 0 heterocycles. The van der Waals surface area contributed by atoms with Gasteiger partial charge in [0.15, 0.2) is 5.96 Å². The third-order valence-corrected chi connectivity index (χ3v) is 2.62. The summed E-state index contributed by atoms with van der Waals surface area (Å²) >= 11 is 0. The second kappa shape index (κ2) is 6.44. The largest absolute Gasteiger partial charge is 0.492 e. The van der Waals surface area contributed by atoms with E-state index in [1.807, 2.05) is 42.5 Å². The van der Waals surface area contributed by atoms with Crippen LogP contribution in [0.4, 0.5) is 0 Å². The number of guanidine groups is 1. The molecule has 4 heteroatoms. The van der Waals surface area contributed by atoms with Crippen LogP contribution in [-0.2, 0) is 0 Å². The topological polar surface area (TPSA) is 73.6 Å². The van der Waals surface area contributed by atoms with Gasteiger partial charge in [-0.05, 0) is 23.3 Å². The molecule has 19 heavy (non-hydrogen) atoms. The summed E-state index contributed by atoms with van der Waals surface area (Å²) in [4.78, 5) is 3.85.